The van der Waals surface area contributed by atoms with Gasteiger partial charge in [0.1, 0.15) is 5.60 Å². The lowest BCUT2D eigenvalue weighted by Crippen LogP contribution is -2.44. The van der Waals surface area contributed by atoms with Gasteiger partial charge in [-0.25, -0.2) is 4.79 Å². The number of carbonyl (C=O) groups is 1. The molecule has 2 atom stereocenters. The predicted molar refractivity (Wildman–Crippen MR) is 138 cm³/mol. The van der Waals surface area contributed by atoms with Gasteiger partial charge in [-0.3, -0.25) is 19.9 Å². The summed E-state index contributed by atoms with van der Waals surface area (Å²) in [4.78, 5) is 29.2. The van der Waals surface area contributed by atoms with Crippen molar-refractivity contribution in [2.75, 3.05) is 0 Å². The minimum absolute atomic E-state index is 0.156. The maximum Gasteiger partial charge on any atom is 0.411 e. The zero-order valence-corrected chi connectivity index (χ0v) is 21.0. The van der Waals surface area contributed by atoms with Gasteiger partial charge in [0.15, 0.2) is 0 Å². The van der Waals surface area contributed by atoms with Gasteiger partial charge in [-0.2, -0.15) is 0 Å². The molecule has 0 bridgehead atoms. The molecule has 1 amide bonds. The van der Waals surface area contributed by atoms with E-state index in [2.05, 4.69) is 22.1 Å². The second-order valence-corrected chi connectivity index (χ2v) is 10.0. The van der Waals surface area contributed by atoms with Crippen molar-refractivity contribution in [1.82, 2.24) is 19.9 Å². The lowest BCUT2D eigenvalue weighted by molar-refractivity contribution is -0.00803. The number of nitrogens with zero attached hydrogens (tertiary/aromatic N) is 4. The zero-order chi connectivity index (χ0) is 24.8. The van der Waals surface area contributed by atoms with Crippen LogP contribution < -0.4 is 0 Å². The number of ether oxygens (including phenoxy) is 1. The van der Waals surface area contributed by atoms with Crippen LogP contribution in [0.1, 0.15) is 80.3 Å². The van der Waals surface area contributed by atoms with E-state index in [1.807, 2.05) is 81.3 Å². The van der Waals surface area contributed by atoms with Crippen LogP contribution in [-0.2, 0) is 11.2 Å². The lowest BCUT2D eigenvalue weighted by Gasteiger charge is -2.42. The first-order chi connectivity index (χ1) is 16.8. The van der Waals surface area contributed by atoms with Crippen molar-refractivity contribution >= 4 is 12.2 Å². The molecule has 3 aromatic rings. The molecular weight excluding hydrogens is 436 g/mol. The second kappa shape index (κ2) is 10.8. The van der Waals surface area contributed by atoms with Gasteiger partial charge in [0.05, 0.1) is 29.2 Å². The summed E-state index contributed by atoms with van der Waals surface area (Å²) in [5.74, 6) is 0. The van der Waals surface area contributed by atoms with Crippen LogP contribution in [0.4, 0.5) is 4.79 Å². The minimum atomic E-state index is -0.590. The molecule has 1 fully saturated rings. The summed E-state index contributed by atoms with van der Waals surface area (Å²) in [5, 5.41) is 0. The van der Waals surface area contributed by atoms with E-state index in [0.717, 1.165) is 53.9 Å². The summed E-state index contributed by atoms with van der Waals surface area (Å²) in [6.45, 7) is 7.75. The van der Waals surface area contributed by atoms with E-state index in [1.54, 1.807) is 12.4 Å². The van der Waals surface area contributed by atoms with Crippen LogP contribution in [0.2, 0.25) is 0 Å². The smallest absolute Gasteiger partial charge is 0.411 e. The SMILES string of the molecule is Cc1cccnc1C1CCCC(c2cccc(/C=C/Cc3cccnc3)n2)N1C(=O)OC(C)(C)C. The van der Waals surface area contributed by atoms with Crippen molar-refractivity contribution in [3.05, 3.63) is 95.3 Å². The maximum atomic E-state index is 13.5. The van der Waals surface area contributed by atoms with E-state index in [-0.39, 0.29) is 18.2 Å². The first kappa shape index (κ1) is 24.6. The third kappa shape index (κ3) is 6.32. The number of amides is 1. The Kier molecular flexibility index (Phi) is 7.59. The number of hydrogen-bond acceptors (Lipinski definition) is 5. The molecule has 0 radical (unpaired) electrons. The lowest BCUT2D eigenvalue weighted by atomic mass is 9.90. The Morgan fingerprint density at radius 2 is 1.89 bits per heavy atom. The van der Waals surface area contributed by atoms with E-state index < -0.39 is 5.60 Å². The number of hydrogen-bond donors (Lipinski definition) is 0. The van der Waals surface area contributed by atoms with E-state index >= 15 is 0 Å². The van der Waals surface area contributed by atoms with Gasteiger partial charge < -0.3 is 4.74 Å². The highest BCUT2D eigenvalue weighted by Gasteiger charge is 2.40. The highest BCUT2D eigenvalue weighted by Crippen LogP contribution is 2.42. The predicted octanol–water partition coefficient (Wildman–Crippen LogP) is 6.64. The van der Waals surface area contributed by atoms with Gasteiger partial charge in [-0.05, 0) is 94.8 Å². The van der Waals surface area contributed by atoms with Crippen molar-refractivity contribution in [3.63, 3.8) is 0 Å². The third-order valence-corrected chi connectivity index (χ3v) is 6.10. The maximum absolute atomic E-state index is 13.5. The molecule has 6 nitrogen and oxygen atoms in total. The molecule has 35 heavy (non-hydrogen) atoms. The number of carbonyl (C=O) groups excluding carboxylic acids is 1. The van der Waals surface area contributed by atoms with Crippen LogP contribution in [0, 0.1) is 6.92 Å². The summed E-state index contributed by atoms with van der Waals surface area (Å²) in [7, 11) is 0. The molecule has 4 rings (SSSR count). The average molecular weight is 471 g/mol. The quantitative estimate of drug-likeness (QED) is 0.418. The standard InChI is InChI=1S/C29H34N4O2/c1-21-10-8-19-31-27(21)26-17-7-16-25(33(26)28(34)35-29(2,3)4)24-15-6-14-23(32-24)13-5-11-22-12-9-18-30-20-22/h5-6,8-10,12-15,18-20,25-26H,7,11,16-17H2,1-4H3/b13-5+. The van der Waals surface area contributed by atoms with Crippen molar-refractivity contribution in [3.8, 4) is 0 Å². The molecule has 6 heteroatoms. The summed E-state index contributed by atoms with van der Waals surface area (Å²) < 4.78 is 5.88. The van der Waals surface area contributed by atoms with Gasteiger partial charge in [-0.1, -0.05) is 24.3 Å². The molecule has 1 saturated heterocycles. The van der Waals surface area contributed by atoms with E-state index in [0.29, 0.717) is 0 Å². The van der Waals surface area contributed by atoms with E-state index in [9.17, 15) is 4.79 Å². The van der Waals surface area contributed by atoms with Gasteiger partial charge in [0.25, 0.3) is 0 Å². The Balaban J connectivity index is 1.64. The monoisotopic (exact) mass is 470 g/mol. The molecule has 0 aromatic carbocycles. The number of aryl methyl sites for hydroxylation is 1. The topological polar surface area (TPSA) is 68.2 Å². The first-order valence-electron chi connectivity index (χ1n) is 12.3. The third-order valence-electron chi connectivity index (χ3n) is 6.10. The van der Waals surface area contributed by atoms with Crippen LogP contribution in [0.3, 0.4) is 0 Å². The second-order valence-electron chi connectivity index (χ2n) is 10.0. The summed E-state index contributed by atoms with van der Waals surface area (Å²) in [6.07, 6.45) is 12.7. The fourth-order valence-electron chi connectivity index (χ4n) is 4.56. The number of aromatic nitrogens is 3. The number of pyridine rings is 3. The van der Waals surface area contributed by atoms with Crippen molar-refractivity contribution in [2.45, 2.75) is 71.1 Å². The van der Waals surface area contributed by atoms with Crippen molar-refractivity contribution in [2.24, 2.45) is 0 Å². The fraction of sp³-hybridized carbons (Fsp3) is 0.379. The highest BCUT2D eigenvalue weighted by atomic mass is 16.6. The van der Waals surface area contributed by atoms with Gasteiger partial charge in [0, 0.05) is 18.6 Å². The van der Waals surface area contributed by atoms with Crippen LogP contribution >= 0.6 is 0 Å². The Labute approximate surface area is 208 Å². The largest absolute Gasteiger partial charge is 0.444 e. The molecule has 0 spiro atoms. The molecule has 182 valence electrons. The molecule has 0 aliphatic carbocycles. The minimum Gasteiger partial charge on any atom is -0.444 e. The normalized spacial score (nSPS) is 18.6. The Bertz CT molecular complexity index is 1170. The molecular formula is C29H34N4O2. The zero-order valence-electron chi connectivity index (χ0n) is 21.0. The Morgan fingerprint density at radius 1 is 1.09 bits per heavy atom. The van der Waals surface area contributed by atoms with Gasteiger partial charge >= 0.3 is 6.09 Å². The van der Waals surface area contributed by atoms with Gasteiger partial charge in [-0.15, -0.1) is 0 Å². The van der Waals surface area contributed by atoms with Crippen LogP contribution in [0.15, 0.2) is 67.1 Å². The molecule has 4 heterocycles. The molecule has 0 N–H and O–H groups in total. The number of likely N-dealkylation sites (tertiary alicyclic amines) is 1. The van der Waals surface area contributed by atoms with Crippen LogP contribution in [0.5, 0.6) is 0 Å². The number of allylic oxidation sites excluding steroid dienone is 1. The highest BCUT2D eigenvalue weighted by molar-refractivity contribution is 5.70. The van der Waals surface area contributed by atoms with Crippen LogP contribution in [0.25, 0.3) is 6.08 Å². The first-order valence-corrected chi connectivity index (χ1v) is 12.3. The Hall–Kier alpha value is -3.54. The average Bonchev–Trinajstić information content (AvgIpc) is 2.84. The molecule has 1 aliphatic rings. The number of piperidine rings is 1. The van der Waals surface area contributed by atoms with E-state index in [1.165, 1.54) is 0 Å². The van der Waals surface area contributed by atoms with Crippen molar-refractivity contribution < 1.29 is 9.53 Å². The van der Waals surface area contributed by atoms with E-state index in [4.69, 9.17) is 9.72 Å². The fourth-order valence-corrected chi connectivity index (χ4v) is 4.56. The molecule has 2 unspecified atom stereocenters. The number of rotatable bonds is 5. The summed E-state index contributed by atoms with van der Waals surface area (Å²) in [5.41, 5.74) is 4.30. The molecule has 1 aliphatic heterocycles. The Morgan fingerprint density at radius 3 is 2.63 bits per heavy atom. The molecule has 0 saturated carbocycles. The molecule has 3 aromatic heterocycles. The van der Waals surface area contributed by atoms with Crippen LogP contribution in [-0.4, -0.2) is 31.5 Å². The summed E-state index contributed by atoms with van der Waals surface area (Å²) >= 11 is 0. The van der Waals surface area contributed by atoms with Crippen molar-refractivity contribution in [1.29, 1.82) is 0 Å². The summed E-state index contributed by atoms with van der Waals surface area (Å²) in [6, 6.07) is 13.6. The van der Waals surface area contributed by atoms with Gasteiger partial charge in [0.2, 0.25) is 0 Å².